The minimum absolute atomic E-state index is 0.0837. The number of hydrogen-bond donors (Lipinski definition) is 1. The van der Waals surface area contributed by atoms with Crippen molar-refractivity contribution in [3.63, 3.8) is 0 Å². The molecule has 0 saturated heterocycles. The molecule has 16 heavy (non-hydrogen) atoms. The monoisotopic (exact) mass is 225 g/mol. The van der Waals surface area contributed by atoms with Gasteiger partial charge in [0.25, 0.3) is 0 Å². The van der Waals surface area contributed by atoms with Crippen LogP contribution in [0.15, 0.2) is 18.2 Å². The van der Waals surface area contributed by atoms with Gasteiger partial charge in [-0.3, -0.25) is 0 Å². The van der Waals surface area contributed by atoms with Crippen LogP contribution in [0.2, 0.25) is 0 Å². The lowest BCUT2D eigenvalue weighted by Crippen LogP contribution is -2.38. The molecule has 0 heterocycles. The van der Waals surface area contributed by atoms with E-state index in [4.69, 9.17) is 4.74 Å². The third-order valence-electron chi connectivity index (χ3n) is 2.17. The summed E-state index contributed by atoms with van der Waals surface area (Å²) in [6.45, 7) is 9.49. The van der Waals surface area contributed by atoms with Gasteiger partial charge in [-0.2, -0.15) is 0 Å². The molecule has 0 spiro atoms. The summed E-state index contributed by atoms with van der Waals surface area (Å²) < 4.78 is 18.5. The van der Waals surface area contributed by atoms with Gasteiger partial charge < -0.3 is 10.1 Å². The molecule has 0 atom stereocenters. The van der Waals surface area contributed by atoms with Crippen molar-refractivity contribution in [2.24, 2.45) is 0 Å². The average Bonchev–Trinajstić information content (AvgIpc) is 2.16. The van der Waals surface area contributed by atoms with Gasteiger partial charge in [-0.15, -0.1) is 0 Å². The largest absolute Gasteiger partial charge is 0.492 e. The van der Waals surface area contributed by atoms with E-state index in [1.165, 1.54) is 12.1 Å². The number of aryl methyl sites for hydroxylation is 1. The van der Waals surface area contributed by atoms with Crippen LogP contribution in [-0.4, -0.2) is 18.7 Å². The van der Waals surface area contributed by atoms with Gasteiger partial charge in [0.15, 0.2) is 0 Å². The van der Waals surface area contributed by atoms with E-state index in [9.17, 15) is 4.39 Å². The van der Waals surface area contributed by atoms with Crippen molar-refractivity contribution in [2.45, 2.75) is 33.2 Å². The van der Waals surface area contributed by atoms with Crippen LogP contribution >= 0.6 is 0 Å². The summed E-state index contributed by atoms with van der Waals surface area (Å²) in [6, 6.07) is 4.59. The van der Waals surface area contributed by atoms with Gasteiger partial charge in [0.1, 0.15) is 18.2 Å². The fourth-order valence-electron chi connectivity index (χ4n) is 1.32. The maximum atomic E-state index is 12.9. The fourth-order valence-corrected chi connectivity index (χ4v) is 1.32. The first-order valence-corrected chi connectivity index (χ1v) is 5.52. The third kappa shape index (κ3) is 4.62. The van der Waals surface area contributed by atoms with E-state index in [1.807, 2.05) is 6.92 Å². The maximum absolute atomic E-state index is 12.9. The molecule has 0 fully saturated rings. The van der Waals surface area contributed by atoms with Crippen molar-refractivity contribution in [3.8, 4) is 5.75 Å². The molecule has 1 N–H and O–H groups in total. The van der Waals surface area contributed by atoms with Gasteiger partial charge in [0, 0.05) is 18.2 Å². The molecule has 0 aromatic heterocycles. The van der Waals surface area contributed by atoms with Gasteiger partial charge in [0.2, 0.25) is 0 Å². The summed E-state index contributed by atoms with van der Waals surface area (Å²) in [5, 5.41) is 3.31. The standard InChI is InChI=1S/C13H20FNO/c1-10-5-6-11(14)9-12(10)16-8-7-15-13(2,3)4/h5-6,9,15H,7-8H2,1-4H3. The Balaban J connectivity index is 2.40. The van der Waals surface area contributed by atoms with Crippen molar-refractivity contribution in [1.29, 1.82) is 0 Å². The van der Waals surface area contributed by atoms with Crippen LogP contribution in [0.3, 0.4) is 0 Å². The Hall–Kier alpha value is -1.09. The molecule has 0 aliphatic carbocycles. The lowest BCUT2D eigenvalue weighted by Gasteiger charge is -2.20. The predicted octanol–water partition coefficient (Wildman–Crippen LogP) is 2.90. The Kier molecular flexibility index (Phi) is 4.30. The molecule has 0 unspecified atom stereocenters. The Morgan fingerprint density at radius 3 is 2.62 bits per heavy atom. The Morgan fingerprint density at radius 2 is 2.00 bits per heavy atom. The molecule has 0 bridgehead atoms. The van der Waals surface area contributed by atoms with Crippen molar-refractivity contribution in [1.82, 2.24) is 5.32 Å². The molecule has 90 valence electrons. The van der Waals surface area contributed by atoms with Crippen LogP contribution in [0.25, 0.3) is 0 Å². The fraction of sp³-hybridized carbons (Fsp3) is 0.538. The predicted molar refractivity (Wildman–Crippen MR) is 64.4 cm³/mol. The molecular weight excluding hydrogens is 205 g/mol. The van der Waals surface area contributed by atoms with Crippen LogP contribution in [0.1, 0.15) is 26.3 Å². The highest BCUT2D eigenvalue weighted by Gasteiger charge is 2.08. The molecule has 0 amide bonds. The zero-order valence-corrected chi connectivity index (χ0v) is 10.4. The van der Waals surface area contributed by atoms with Crippen LogP contribution < -0.4 is 10.1 Å². The zero-order valence-electron chi connectivity index (χ0n) is 10.4. The SMILES string of the molecule is Cc1ccc(F)cc1OCCNC(C)(C)C. The molecule has 3 heteroatoms. The van der Waals surface area contributed by atoms with E-state index in [-0.39, 0.29) is 11.4 Å². The van der Waals surface area contributed by atoms with E-state index < -0.39 is 0 Å². The summed E-state index contributed by atoms with van der Waals surface area (Å²) in [6.07, 6.45) is 0. The normalized spacial score (nSPS) is 11.6. The van der Waals surface area contributed by atoms with Crippen molar-refractivity contribution >= 4 is 0 Å². The number of ether oxygens (including phenoxy) is 1. The summed E-state index contributed by atoms with van der Waals surface area (Å²) in [5.74, 6) is 0.361. The average molecular weight is 225 g/mol. The van der Waals surface area contributed by atoms with Gasteiger partial charge in [-0.1, -0.05) is 6.07 Å². The summed E-state index contributed by atoms with van der Waals surface area (Å²) in [7, 11) is 0. The lowest BCUT2D eigenvalue weighted by molar-refractivity contribution is 0.288. The second-order valence-corrected chi connectivity index (χ2v) is 4.94. The Labute approximate surface area is 96.8 Å². The second-order valence-electron chi connectivity index (χ2n) is 4.94. The molecule has 0 aliphatic rings. The number of benzene rings is 1. The van der Waals surface area contributed by atoms with Gasteiger partial charge in [-0.25, -0.2) is 4.39 Å². The quantitative estimate of drug-likeness (QED) is 0.795. The molecule has 0 aliphatic heterocycles. The van der Waals surface area contributed by atoms with Crippen LogP contribution in [-0.2, 0) is 0 Å². The number of hydrogen-bond acceptors (Lipinski definition) is 2. The highest BCUT2D eigenvalue weighted by molar-refractivity contribution is 5.32. The zero-order chi connectivity index (χ0) is 12.2. The first kappa shape index (κ1) is 13.0. The van der Waals surface area contributed by atoms with E-state index in [2.05, 4.69) is 26.1 Å². The van der Waals surface area contributed by atoms with E-state index in [0.29, 0.717) is 12.4 Å². The van der Waals surface area contributed by atoms with E-state index in [1.54, 1.807) is 6.07 Å². The lowest BCUT2D eigenvalue weighted by atomic mass is 10.1. The maximum Gasteiger partial charge on any atom is 0.126 e. The first-order chi connectivity index (χ1) is 7.38. The molecule has 0 radical (unpaired) electrons. The van der Waals surface area contributed by atoms with Crippen molar-refractivity contribution in [3.05, 3.63) is 29.6 Å². The van der Waals surface area contributed by atoms with Crippen molar-refractivity contribution in [2.75, 3.05) is 13.2 Å². The number of halogens is 1. The highest BCUT2D eigenvalue weighted by Crippen LogP contribution is 2.18. The van der Waals surface area contributed by atoms with Gasteiger partial charge in [-0.05, 0) is 39.3 Å². The highest BCUT2D eigenvalue weighted by atomic mass is 19.1. The number of rotatable bonds is 4. The third-order valence-corrected chi connectivity index (χ3v) is 2.17. The molecular formula is C13H20FNO. The number of nitrogens with one attached hydrogen (secondary N) is 1. The van der Waals surface area contributed by atoms with Crippen LogP contribution in [0.5, 0.6) is 5.75 Å². The second kappa shape index (κ2) is 5.30. The Bertz CT molecular complexity index is 344. The molecule has 1 rings (SSSR count). The minimum atomic E-state index is -0.260. The summed E-state index contributed by atoms with van der Waals surface area (Å²) in [4.78, 5) is 0. The van der Waals surface area contributed by atoms with Crippen molar-refractivity contribution < 1.29 is 9.13 Å². The van der Waals surface area contributed by atoms with Gasteiger partial charge in [0.05, 0.1) is 0 Å². The van der Waals surface area contributed by atoms with E-state index in [0.717, 1.165) is 12.1 Å². The summed E-state index contributed by atoms with van der Waals surface area (Å²) >= 11 is 0. The molecule has 0 saturated carbocycles. The smallest absolute Gasteiger partial charge is 0.126 e. The van der Waals surface area contributed by atoms with Crippen LogP contribution in [0, 0.1) is 12.7 Å². The summed E-state index contributed by atoms with van der Waals surface area (Å²) in [5.41, 5.74) is 1.04. The molecule has 2 nitrogen and oxygen atoms in total. The van der Waals surface area contributed by atoms with E-state index >= 15 is 0 Å². The van der Waals surface area contributed by atoms with Gasteiger partial charge >= 0.3 is 0 Å². The minimum Gasteiger partial charge on any atom is -0.492 e. The first-order valence-electron chi connectivity index (χ1n) is 5.52. The topological polar surface area (TPSA) is 21.3 Å². The Morgan fingerprint density at radius 1 is 1.31 bits per heavy atom. The molecule has 1 aromatic rings. The van der Waals surface area contributed by atoms with Crippen LogP contribution in [0.4, 0.5) is 4.39 Å². The molecule has 1 aromatic carbocycles.